The SMILES string of the molecule is [B].[Co].[Cr].[Ni].[Si].[W]. The summed E-state index contributed by atoms with van der Waals surface area (Å²) in [5, 5.41) is 0. The molecule has 0 fully saturated rings. The Morgan fingerprint density at radius 3 is 1.00 bits per heavy atom. The molecule has 6 heteroatoms. The van der Waals surface area contributed by atoms with Gasteiger partial charge in [0.05, 0.1) is 0 Å². The standard InChI is InChI=1S/B.Co.Cr.Ni.Si.W. The minimum atomic E-state index is 0. The summed E-state index contributed by atoms with van der Waals surface area (Å²) in [6.07, 6.45) is 0. The molecule has 0 aliphatic carbocycles. The second-order valence-corrected chi connectivity index (χ2v) is 0. The van der Waals surface area contributed by atoms with Crippen molar-refractivity contribution < 1.29 is 71.7 Å². The van der Waals surface area contributed by atoms with Crippen molar-refractivity contribution in [3.63, 3.8) is 0 Å². The first kappa shape index (κ1) is 76.4. The maximum atomic E-state index is 0. The van der Waals surface area contributed by atoms with Crippen LogP contribution >= 0.6 is 0 Å². The largest absolute Gasteiger partial charge is 0 e. The van der Waals surface area contributed by atoms with E-state index in [1.165, 1.54) is 0 Å². The zero-order valence-electron chi connectivity index (χ0n) is 2.54. The Morgan fingerprint density at radius 2 is 1.00 bits per heavy atom. The first-order valence-electron chi connectivity index (χ1n) is 0. The third kappa shape index (κ3) is 31.4. The van der Waals surface area contributed by atoms with Crippen LogP contribution in [0.1, 0.15) is 0 Å². The van der Waals surface area contributed by atoms with E-state index in [0.717, 1.165) is 0 Å². The molecule has 0 atom stereocenters. The maximum absolute atomic E-state index is 0. The van der Waals surface area contributed by atoms with Crippen LogP contribution in [0.3, 0.4) is 0 Å². The second-order valence-electron chi connectivity index (χ2n) is 0. The van der Waals surface area contributed by atoms with Crippen molar-refractivity contribution in [2.24, 2.45) is 0 Å². The van der Waals surface area contributed by atoms with Crippen molar-refractivity contribution in [1.29, 1.82) is 0 Å². The first-order chi connectivity index (χ1) is 0. The fraction of sp³-hybridized carbons (Fsp3) is 0. The number of rotatable bonds is 0. The molecule has 0 N–H and O–H groups in total. The molecule has 0 heterocycles. The van der Waals surface area contributed by atoms with Crippen LogP contribution in [0, 0.1) is 0 Å². The molecule has 0 saturated carbocycles. The fourth-order valence-electron chi connectivity index (χ4n) is 0. The molecule has 0 rings (SSSR count). The van der Waals surface area contributed by atoms with Crippen molar-refractivity contribution in [3.8, 4) is 0 Å². The van der Waals surface area contributed by atoms with Gasteiger partial charge in [-0.3, -0.25) is 0 Å². The molecule has 0 aromatic rings. The molecule has 0 amide bonds. The number of hydrogen-bond acceptors (Lipinski definition) is 0. The van der Waals surface area contributed by atoms with Gasteiger partial charge < -0.3 is 0 Å². The van der Waals surface area contributed by atoms with Gasteiger partial charge in [-0.25, -0.2) is 0 Å². The molecule has 6 heavy (non-hydrogen) atoms. The monoisotopic (exact) mass is 392 g/mol. The van der Waals surface area contributed by atoms with Crippen molar-refractivity contribution in [2.75, 3.05) is 0 Å². The van der Waals surface area contributed by atoms with Gasteiger partial charge >= 0.3 is 0 Å². The van der Waals surface area contributed by atoms with E-state index in [1.54, 1.807) is 0 Å². The molecule has 0 unspecified atom stereocenters. The van der Waals surface area contributed by atoms with Gasteiger partial charge in [0, 0.05) is 91.1 Å². The second kappa shape index (κ2) is 50.7. The average Bonchev–Trinajstić information content (AvgIpc) is 0. The van der Waals surface area contributed by atoms with Crippen LogP contribution < -0.4 is 0 Å². The van der Waals surface area contributed by atoms with Crippen LogP contribution in [0.2, 0.25) is 0 Å². The van der Waals surface area contributed by atoms with Crippen molar-refractivity contribution >= 4 is 19.4 Å². The zero-order valence-corrected chi connectivity index (χ0v) is 9.78. The summed E-state index contributed by atoms with van der Waals surface area (Å²) in [4.78, 5) is 0. The van der Waals surface area contributed by atoms with Crippen LogP contribution in [-0.4, -0.2) is 19.4 Å². The molecule has 0 nitrogen and oxygen atoms in total. The van der Waals surface area contributed by atoms with Gasteiger partial charge in [0.2, 0.25) is 0 Å². The minimum absolute atomic E-state index is 0. The third-order valence-corrected chi connectivity index (χ3v) is 0. The van der Waals surface area contributed by atoms with Gasteiger partial charge in [-0.1, -0.05) is 0 Å². The van der Waals surface area contributed by atoms with E-state index in [-0.39, 0.29) is 91.1 Å². The van der Waals surface area contributed by atoms with Gasteiger partial charge in [0.25, 0.3) is 0 Å². The first-order valence-corrected chi connectivity index (χ1v) is 0. The topological polar surface area (TPSA) is 0 Å². The summed E-state index contributed by atoms with van der Waals surface area (Å²) in [6.45, 7) is 0. The third-order valence-electron chi connectivity index (χ3n) is 0. The molecule has 0 saturated heterocycles. The van der Waals surface area contributed by atoms with Gasteiger partial charge in [-0.05, 0) is 0 Å². The molecule has 0 aromatic heterocycles. The molecule has 0 aromatic carbocycles. The summed E-state index contributed by atoms with van der Waals surface area (Å²) < 4.78 is 0. The predicted octanol–water partition coefficient (Wildman–Crippen LogP) is -0.772. The molecule has 38 valence electrons. The van der Waals surface area contributed by atoms with Crippen molar-refractivity contribution in [1.82, 2.24) is 0 Å². The van der Waals surface area contributed by atoms with Gasteiger partial charge in [0.15, 0.2) is 0 Å². The normalized spacial score (nSPS) is 0. The van der Waals surface area contributed by atoms with E-state index in [9.17, 15) is 0 Å². The Balaban J connectivity index is 0. The quantitative estimate of drug-likeness (QED) is 0.475. The van der Waals surface area contributed by atoms with E-state index in [2.05, 4.69) is 0 Å². The molecular formula is BCoCrNiSiW. The van der Waals surface area contributed by atoms with Crippen LogP contribution in [0.15, 0.2) is 0 Å². The van der Waals surface area contributed by atoms with Crippen LogP contribution in [-0.2, 0) is 71.7 Å². The number of hydrogen-bond donors (Lipinski definition) is 0. The Labute approximate surface area is 90.1 Å². The molecule has 8 radical (unpaired) electrons. The van der Waals surface area contributed by atoms with Gasteiger partial charge in [-0.2, -0.15) is 0 Å². The minimum Gasteiger partial charge on any atom is 0 e. The summed E-state index contributed by atoms with van der Waals surface area (Å²) in [5.41, 5.74) is 0. The van der Waals surface area contributed by atoms with Crippen molar-refractivity contribution in [3.05, 3.63) is 0 Å². The van der Waals surface area contributed by atoms with E-state index in [0.29, 0.717) is 0 Å². The summed E-state index contributed by atoms with van der Waals surface area (Å²) >= 11 is 0. The fourth-order valence-corrected chi connectivity index (χ4v) is 0. The Morgan fingerprint density at radius 1 is 1.00 bits per heavy atom. The Hall–Kier alpha value is 2.50. The van der Waals surface area contributed by atoms with Crippen molar-refractivity contribution in [2.45, 2.75) is 0 Å². The van der Waals surface area contributed by atoms with Crippen LogP contribution in [0.4, 0.5) is 0 Å². The molecule has 0 bridgehead atoms. The van der Waals surface area contributed by atoms with Crippen LogP contribution in [0.5, 0.6) is 0 Å². The average molecular weight is 392 g/mol. The zero-order chi connectivity index (χ0) is 0. The molecular weight excluding hydrogens is 392 g/mol. The van der Waals surface area contributed by atoms with Crippen LogP contribution in [0.25, 0.3) is 0 Å². The van der Waals surface area contributed by atoms with E-state index in [1.807, 2.05) is 0 Å². The summed E-state index contributed by atoms with van der Waals surface area (Å²) in [7, 11) is 0. The Kier molecular flexibility index (Phi) is 645. The predicted molar refractivity (Wildman–Crippen MR) is 11.5 cm³/mol. The summed E-state index contributed by atoms with van der Waals surface area (Å²) in [5.74, 6) is 0. The van der Waals surface area contributed by atoms with E-state index in [4.69, 9.17) is 0 Å². The van der Waals surface area contributed by atoms with E-state index >= 15 is 0 Å². The smallest absolute Gasteiger partial charge is 0 e. The maximum Gasteiger partial charge on any atom is 0 e. The molecule has 0 aliphatic rings. The molecule has 0 aliphatic heterocycles. The van der Waals surface area contributed by atoms with Gasteiger partial charge in [-0.15, -0.1) is 0 Å². The Bertz CT molecular complexity index is 15.5. The van der Waals surface area contributed by atoms with E-state index < -0.39 is 0 Å². The van der Waals surface area contributed by atoms with Gasteiger partial charge in [0.1, 0.15) is 0 Å². The molecule has 0 spiro atoms. The summed E-state index contributed by atoms with van der Waals surface area (Å²) in [6, 6.07) is 0.